The molecule has 1 unspecified atom stereocenters. The molecule has 0 amide bonds. The van der Waals surface area contributed by atoms with Gasteiger partial charge in [-0.05, 0) is 51.5 Å². The van der Waals surface area contributed by atoms with E-state index < -0.39 is 11.9 Å². The Bertz CT molecular complexity index is 918. The zero-order chi connectivity index (χ0) is 21.6. The molecule has 1 aromatic carbocycles. The van der Waals surface area contributed by atoms with E-state index in [0.29, 0.717) is 29.4 Å². The minimum atomic E-state index is -0.728. The summed E-state index contributed by atoms with van der Waals surface area (Å²) >= 11 is 0. The van der Waals surface area contributed by atoms with Crippen molar-refractivity contribution in [3.8, 4) is 17.6 Å². The molecular formula is C22H26N2O5. The predicted octanol–water partition coefficient (Wildman–Crippen LogP) is 3.68. The van der Waals surface area contributed by atoms with Crippen molar-refractivity contribution in [3.05, 3.63) is 58.2 Å². The van der Waals surface area contributed by atoms with E-state index in [1.54, 1.807) is 32.0 Å². The molecule has 1 aliphatic heterocycles. The number of hydrogen-bond acceptors (Lipinski definition) is 7. The van der Waals surface area contributed by atoms with Crippen LogP contribution in [0.15, 0.2) is 52.6 Å². The fraction of sp³-hybridized carbons (Fsp3) is 0.364. The summed E-state index contributed by atoms with van der Waals surface area (Å²) in [5.74, 6) is 0.00728. The molecule has 1 heterocycles. The van der Waals surface area contributed by atoms with E-state index in [-0.39, 0.29) is 23.6 Å². The number of nitriles is 1. The van der Waals surface area contributed by atoms with Crippen molar-refractivity contribution in [2.24, 2.45) is 5.73 Å². The molecule has 154 valence electrons. The second kappa shape index (κ2) is 9.69. The number of nitrogens with zero attached hydrogens (tertiary/aromatic N) is 1. The Labute approximate surface area is 171 Å². The molecule has 2 rings (SSSR count). The summed E-state index contributed by atoms with van der Waals surface area (Å²) in [6.07, 6.45) is 1.95. The topological polar surface area (TPSA) is 104 Å². The molecule has 0 radical (unpaired) electrons. The zero-order valence-corrected chi connectivity index (χ0v) is 17.4. The minimum Gasteiger partial charge on any atom is -0.493 e. The average molecular weight is 398 g/mol. The van der Waals surface area contributed by atoms with Crippen molar-refractivity contribution in [3.63, 3.8) is 0 Å². The van der Waals surface area contributed by atoms with E-state index in [1.807, 2.05) is 19.9 Å². The van der Waals surface area contributed by atoms with E-state index in [0.717, 1.165) is 5.57 Å². The van der Waals surface area contributed by atoms with E-state index in [1.165, 1.54) is 7.11 Å². The van der Waals surface area contributed by atoms with Gasteiger partial charge in [0.05, 0.1) is 25.2 Å². The molecule has 0 aromatic heterocycles. The Hall–Kier alpha value is -3.40. The summed E-state index contributed by atoms with van der Waals surface area (Å²) in [5, 5.41) is 9.65. The lowest BCUT2D eigenvalue weighted by Crippen LogP contribution is -2.25. The number of carbonyl (C=O) groups is 1. The van der Waals surface area contributed by atoms with Crippen LogP contribution in [0.2, 0.25) is 0 Å². The van der Waals surface area contributed by atoms with Gasteiger partial charge in [0.2, 0.25) is 5.88 Å². The van der Waals surface area contributed by atoms with E-state index in [4.69, 9.17) is 24.7 Å². The molecule has 7 nitrogen and oxygen atoms in total. The molecule has 0 saturated carbocycles. The van der Waals surface area contributed by atoms with Gasteiger partial charge >= 0.3 is 5.97 Å². The van der Waals surface area contributed by atoms with Crippen LogP contribution in [-0.4, -0.2) is 26.3 Å². The molecule has 29 heavy (non-hydrogen) atoms. The van der Waals surface area contributed by atoms with Gasteiger partial charge in [-0.2, -0.15) is 5.26 Å². The van der Waals surface area contributed by atoms with E-state index >= 15 is 0 Å². The van der Waals surface area contributed by atoms with Crippen molar-refractivity contribution < 1.29 is 23.7 Å². The predicted molar refractivity (Wildman–Crippen MR) is 108 cm³/mol. The van der Waals surface area contributed by atoms with E-state index in [9.17, 15) is 10.1 Å². The Morgan fingerprint density at radius 2 is 2.07 bits per heavy atom. The minimum absolute atomic E-state index is 0.0362. The normalized spacial score (nSPS) is 15.9. The molecule has 7 heteroatoms. The van der Waals surface area contributed by atoms with Crippen LogP contribution in [0.3, 0.4) is 0 Å². The third-order valence-corrected chi connectivity index (χ3v) is 4.35. The first kappa shape index (κ1) is 21.9. The molecule has 0 bridgehead atoms. The first-order valence-electron chi connectivity index (χ1n) is 9.23. The Kier molecular flexibility index (Phi) is 7.32. The number of nitrogens with two attached hydrogens (primary N) is 1. The smallest absolute Gasteiger partial charge is 0.338 e. The maximum atomic E-state index is 12.6. The third kappa shape index (κ3) is 4.91. The van der Waals surface area contributed by atoms with Gasteiger partial charge in [-0.25, -0.2) is 4.79 Å². The van der Waals surface area contributed by atoms with Gasteiger partial charge in [-0.3, -0.25) is 0 Å². The number of carbonyl (C=O) groups excluding carboxylic acids is 1. The maximum Gasteiger partial charge on any atom is 0.338 e. The summed E-state index contributed by atoms with van der Waals surface area (Å²) in [4.78, 5) is 12.6. The quantitative estimate of drug-likeness (QED) is 0.552. The number of esters is 1. The van der Waals surface area contributed by atoms with Crippen molar-refractivity contribution in [1.82, 2.24) is 0 Å². The van der Waals surface area contributed by atoms with Crippen molar-refractivity contribution in [2.45, 2.75) is 33.6 Å². The Morgan fingerprint density at radius 3 is 2.66 bits per heavy atom. The molecule has 1 aliphatic rings. The van der Waals surface area contributed by atoms with Gasteiger partial charge in [0, 0.05) is 0 Å². The number of methoxy groups -OCH3 is 1. The molecule has 1 aromatic rings. The van der Waals surface area contributed by atoms with Crippen molar-refractivity contribution >= 4 is 5.97 Å². The second-order valence-corrected chi connectivity index (χ2v) is 6.62. The van der Waals surface area contributed by atoms with Crippen LogP contribution in [0, 0.1) is 11.3 Å². The Morgan fingerprint density at radius 1 is 1.34 bits per heavy atom. The standard InChI is InChI=1S/C22H26N2O5/c1-6-27-22(25)19-14(4)29-21(24)16(12-23)20(19)15-7-8-17(18(11-15)26-5)28-10-9-13(2)3/h7-9,11,20H,6,10,24H2,1-5H3. The van der Waals surface area contributed by atoms with Gasteiger partial charge in [0.1, 0.15) is 24.0 Å². The molecule has 0 fully saturated rings. The second-order valence-electron chi connectivity index (χ2n) is 6.62. The number of ether oxygens (including phenoxy) is 4. The van der Waals surface area contributed by atoms with Crippen LogP contribution in [0.4, 0.5) is 0 Å². The van der Waals surface area contributed by atoms with Crippen molar-refractivity contribution in [2.75, 3.05) is 20.3 Å². The monoisotopic (exact) mass is 398 g/mol. The highest BCUT2D eigenvalue weighted by Crippen LogP contribution is 2.42. The summed E-state index contributed by atoms with van der Waals surface area (Å²) in [5.41, 5.74) is 8.08. The van der Waals surface area contributed by atoms with Crippen LogP contribution in [0.5, 0.6) is 11.5 Å². The molecule has 1 atom stereocenters. The van der Waals surface area contributed by atoms with Gasteiger partial charge in [-0.15, -0.1) is 0 Å². The maximum absolute atomic E-state index is 12.6. The lowest BCUT2D eigenvalue weighted by molar-refractivity contribution is -0.139. The van der Waals surface area contributed by atoms with Gasteiger partial charge in [0.25, 0.3) is 0 Å². The number of benzene rings is 1. The molecule has 0 saturated heterocycles. The zero-order valence-electron chi connectivity index (χ0n) is 17.4. The van der Waals surface area contributed by atoms with Crippen molar-refractivity contribution in [1.29, 1.82) is 5.26 Å². The average Bonchev–Trinajstić information content (AvgIpc) is 2.67. The number of rotatable bonds is 7. The molecule has 0 spiro atoms. The van der Waals surface area contributed by atoms with Crippen LogP contribution < -0.4 is 15.2 Å². The molecular weight excluding hydrogens is 372 g/mol. The Balaban J connectivity index is 2.52. The fourth-order valence-electron chi connectivity index (χ4n) is 2.97. The highest BCUT2D eigenvalue weighted by molar-refractivity contribution is 5.92. The van der Waals surface area contributed by atoms with E-state index in [2.05, 4.69) is 6.07 Å². The third-order valence-electron chi connectivity index (χ3n) is 4.35. The van der Waals surface area contributed by atoms with Crippen LogP contribution in [0.25, 0.3) is 0 Å². The summed E-state index contributed by atoms with van der Waals surface area (Å²) in [6.45, 7) is 7.90. The molecule has 0 aliphatic carbocycles. The summed E-state index contributed by atoms with van der Waals surface area (Å²) in [7, 11) is 1.53. The lowest BCUT2D eigenvalue weighted by Gasteiger charge is -2.27. The molecule has 2 N–H and O–H groups in total. The fourth-order valence-corrected chi connectivity index (χ4v) is 2.97. The SMILES string of the molecule is CCOC(=O)C1=C(C)OC(N)=C(C#N)C1c1ccc(OCC=C(C)C)c(OC)c1. The summed E-state index contributed by atoms with van der Waals surface area (Å²) in [6, 6.07) is 7.30. The van der Waals surface area contributed by atoms with Crippen LogP contribution in [0.1, 0.15) is 39.2 Å². The van der Waals surface area contributed by atoms with Gasteiger partial charge < -0.3 is 24.7 Å². The van der Waals surface area contributed by atoms with Gasteiger partial charge in [0.15, 0.2) is 11.5 Å². The van der Waals surface area contributed by atoms with Crippen LogP contribution in [-0.2, 0) is 14.3 Å². The highest BCUT2D eigenvalue weighted by atomic mass is 16.5. The first-order chi connectivity index (χ1) is 13.8. The number of allylic oxidation sites excluding steroid dienone is 3. The largest absolute Gasteiger partial charge is 0.493 e. The lowest BCUT2D eigenvalue weighted by atomic mass is 9.83. The number of hydrogen-bond donors (Lipinski definition) is 1. The highest BCUT2D eigenvalue weighted by Gasteiger charge is 2.36. The van der Waals surface area contributed by atoms with Gasteiger partial charge in [-0.1, -0.05) is 11.6 Å². The summed E-state index contributed by atoms with van der Waals surface area (Å²) < 4.78 is 21.8. The van der Waals surface area contributed by atoms with Crippen LogP contribution >= 0.6 is 0 Å². The first-order valence-corrected chi connectivity index (χ1v) is 9.23.